The molecule has 0 unspecified atom stereocenters. The fourth-order valence-corrected chi connectivity index (χ4v) is 2.79. The number of para-hydroxylation sites is 1. The third-order valence-electron chi connectivity index (χ3n) is 3.86. The molecule has 0 aliphatic carbocycles. The Bertz CT molecular complexity index is 992. The van der Waals surface area contributed by atoms with Crippen LogP contribution in [0.3, 0.4) is 0 Å². The van der Waals surface area contributed by atoms with Gasteiger partial charge in [-0.15, -0.1) is 0 Å². The van der Waals surface area contributed by atoms with E-state index in [1.54, 1.807) is 30.3 Å². The number of hydrogen-bond acceptors (Lipinski definition) is 3. The minimum absolute atomic E-state index is 0.282. The number of hydrogen-bond donors (Lipinski definition) is 1. The summed E-state index contributed by atoms with van der Waals surface area (Å²) in [6, 6.07) is 12.4. The number of carbonyl (C=O) groups is 1. The van der Waals surface area contributed by atoms with Gasteiger partial charge in [0.15, 0.2) is 0 Å². The van der Waals surface area contributed by atoms with E-state index in [0.717, 1.165) is 5.56 Å². The lowest BCUT2D eigenvalue weighted by molar-refractivity contribution is 0.0688. The Labute approximate surface area is 143 Å². The molecule has 0 bridgehead atoms. The van der Waals surface area contributed by atoms with Gasteiger partial charge in [-0.2, -0.15) is 0 Å². The molecule has 0 saturated heterocycles. The lowest BCUT2D eigenvalue weighted by atomic mass is 10.0. The van der Waals surface area contributed by atoms with Gasteiger partial charge in [0.2, 0.25) is 5.69 Å². The van der Waals surface area contributed by atoms with Crippen molar-refractivity contribution in [3.8, 4) is 5.69 Å². The Hall–Kier alpha value is -2.66. The summed E-state index contributed by atoms with van der Waals surface area (Å²) in [6.45, 7) is 4.15. The third kappa shape index (κ3) is 2.67. The molecule has 5 nitrogen and oxygen atoms in total. The van der Waals surface area contributed by atoms with Crippen molar-refractivity contribution in [1.82, 2.24) is 9.55 Å². The number of aromatic nitrogens is 2. The highest BCUT2D eigenvalue weighted by molar-refractivity contribution is 6.34. The fourth-order valence-electron chi connectivity index (χ4n) is 2.57. The SMILES string of the molecule is CC(C)c1ccc(-n2c(=O)c(C(=O)O)nc3c(Cl)cccc32)cc1. The van der Waals surface area contributed by atoms with Gasteiger partial charge in [0.1, 0.15) is 5.52 Å². The van der Waals surface area contributed by atoms with Gasteiger partial charge in [-0.25, -0.2) is 9.78 Å². The van der Waals surface area contributed by atoms with Crippen molar-refractivity contribution in [1.29, 1.82) is 0 Å². The van der Waals surface area contributed by atoms with Crippen LogP contribution in [-0.4, -0.2) is 20.6 Å². The molecule has 0 aliphatic rings. The predicted octanol–water partition coefficient (Wildman–Crippen LogP) is 3.86. The summed E-state index contributed by atoms with van der Waals surface area (Å²) < 4.78 is 1.34. The van der Waals surface area contributed by atoms with Crippen molar-refractivity contribution in [2.45, 2.75) is 19.8 Å². The summed E-state index contributed by atoms with van der Waals surface area (Å²) in [4.78, 5) is 28.0. The van der Waals surface area contributed by atoms with E-state index in [2.05, 4.69) is 18.8 Å². The molecule has 2 aromatic carbocycles. The third-order valence-corrected chi connectivity index (χ3v) is 4.16. The molecule has 0 saturated carbocycles. The van der Waals surface area contributed by atoms with Crippen LogP contribution >= 0.6 is 11.6 Å². The molecule has 0 fully saturated rings. The maximum atomic E-state index is 12.6. The highest BCUT2D eigenvalue weighted by Gasteiger charge is 2.19. The summed E-state index contributed by atoms with van der Waals surface area (Å²) in [7, 11) is 0. The second-order valence-electron chi connectivity index (χ2n) is 5.76. The molecule has 0 spiro atoms. The van der Waals surface area contributed by atoms with Crippen LogP contribution in [0.5, 0.6) is 0 Å². The zero-order valence-corrected chi connectivity index (χ0v) is 13.9. The first-order valence-electron chi connectivity index (χ1n) is 7.45. The first-order chi connectivity index (χ1) is 11.4. The van der Waals surface area contributed by atoms with Gasteiger partial charge in [-0.05, 0) is 35.7 Å². The molecule has 3 aromatic rings. The van der Waals surface area contributed by atoms with E-state index in [1.165, 1.54) is 4.57 Å². The lowest BCUT2D eigenvalue weighted by Crippen LogP contribution is -2.27. The van der Waals surface area contributed by atoms with Gasteiger partial charge >= 0.3 is 5.97 Å². The Kier molecular flexibility index (Phi) is 4.11. The van der Waals surface area contributed by atoms with Gasteiger partial charge in [0, 0.05) is 5.69 Å². The van der Waals surface area contributed by atoms with E-state index in [0.29, 0.717) is 22.1 Å². The summed E-state index contributed by atoms with van der Waals surface area (Å²) in [6.07, 6.45) is 0. The molecular weight excluding hydrogens is 328 g/mol. The van der Waals surface area contributed by atoms with Crippen LogP contribution in [0, 0.1) is 0 Å². The Morgan fingerprint density at radius 2 is 1.83 bits per heavy atom. The molecule has 122 valence electrons. The van der Waals surface area contributed by atoms with Crippen LogP contribution in [0.15, 0.2) is 47.3 Å². The smallest absolute Gasteiger partial charge is 0.360 e. The van der Waals surface area contributed by atoms with Crippen molar-refractivity contribution >= 4 is 28.6 Å². The summed E-state index contributed by atoms with van der Waals surface area (Å²) in [5.74, 6) is -1.02. The van der Waals surface area contributed by atoms with E-state index in [9.17, 15) is 14.7 Å². The van der Waals surface area contributed by atoms with Crippen molar-refractivity contribution in [3.05, 3.63) is 69.1 Å². The molecule has 0 aliphatic heterocycles. The highest BCUT2D eigenvalue weighted by atomic mass is 35.5. The van der Waals surface area contributed by atoms with E-state index in [4.69, 9.17) is 11.6 Å². The number of benzene rings is 2. The normalized spacial score (nSPS) is 11.2. The van der Waals surface area contributed by atoms with E-state index >= 15 is 0 Å². The average Bonchev–Trinajstić information content (AvgIpc) is 2.54. The van der Waals surface area contributed by atoms with E-state index in [1.807, 2.05) is 12.1 Å². The van der Waals surface area contributed by atoms with Crippen molar-refractivity contribution < 1.29 is 9.90 Å². The monoisotopic (exact) mass is 342 g/mol. The molecule has 6 heteroatoms. The van der Waals surface area contributed by atoms with Gasteiger partial charge < -0.3 is 5.11 Å². The van der Waals surface area contributed by atoms with Gasteiger partial charge in [0.05, 0.1) is 10.5 Å². The molecular formula is C18H15ClN2O3. The maximum absolute atomic E-state index is 12.6. The van der Waals surface area contributed by atoms with Crippen LogP contribution in [0.2, 0.25) is 5.02 Å². The molecule has 0 amide bonds. The highest BCUT2D eigenvalue weighted by Crippen LogP contribution is 2.23. The largest absolute Gasteiger partial charge is 0.476 e. The average molecular weight is 343 g/mol. The predicted molar refractivity (Wildman–Crippen MR) is 93.4 cm³/mol. The van der Waals surface area contributed by atoms with Gasteiger partial charge in [0.25, 0.3) is 5.56 Å². The van der Waals surface area contributed by atoms with Crippen LogP contribution in [0.4, 0.5) is 0 Å². The minimum atomic E-state index is -1.38. The second-order valence-corrected chi connectivity index (χ2v) is 6.17. The molecule has 24 heavy (non-hydrogen) atoms. The first-order valence-corrected chi connectivity index (χ1v) is 7.83. The number of nitrogens with zero attached hydrogens (tertiary/aromatic N) is 2. The van der Waals surface area contributed by atoms with Crippen LogP contribution in [-0.2, 0) is 0 Å². The van der Waals surface area contributed by atoms with Crippen molar-refractivity contribution in [3.63, 3.8) is 0 Å². The van der Waals surface area contributed by atoms with Crippen LogP contribution in [0.25, 0.3) is 16.7 Å². The molecule has 0 atom stereocenters. The summed E-state index contributed by atoms with van der Waals surface area (Å²) in [5, 5.41) is 9.58. The van der Waals surface area contributed by atoms with Gasteiger partial charge in [-0.3, -0.25) is 9.36 Å². The number of aromatic carboxylic acids is 1. The van der Waals surface area contributed by atoms with Gasteiger partial charge in [-0.1, -0.05) is 43.6 Å². The minimum Gasteiger partial charge on any atom is -0.476 e. The van der Waals surface area contributed by atoms with Crippen molar-refractivity contribution in [2.24, 2.45) is 0 Å². The quantitative estimate of drug-likeness (QED) is 0.784. The van der Waals surface area contributed by atoms with Crippen LogP contribution < -0.4 is 5.56 Å². The molecule has 0 radical (unpaired) electrons. The maximum Gasteiger partial charge on any atom is 0.360 e. The number of carboxylic acids is 1. The Morgan fingerprint density at radius 1 is 1.17 bits per heavy atom. The molecule has 3 rings (SSSR count). The second kappa shape index (κ2) is 6.09. The number of rotatable bonds is 3. The summed E-state index contributed by atoms with van der Waals surface area (Å²) in [5.41, 5.74) is 1.21. The zero-order chi connectivity index (χ0) is 17.4. The standard InChI is InChI=1S/C18H15ClN2O3/c1-10(2)11-6-8-12(9-7-11)21-14-5-3-4-13(19)15(14)20-16(17(21)22)18(23)24/h3-10H,1-2H3,(H,23,24). The zero-order valence-electron chi connectivity index (χ0n) is 13.2. The lowest BCUT2D eigenvalue weighted by Gasteiger charge is -2.13. The molecule has 1 aromatic heterocycles. The summed E-state index contributed by atoms with van der Waals surface area (Å²) >= 11 is 6.14. The van der Waals surface area contributed by atoms with E-state index in [-0.39, 0.29) is 5.52 Å². The number of fused-ring (bicyclic) bond motifs is 1. The molecule has 1 heterocycles. The first kappa shape index (κ1) is 16.2. The van der Waals surface area contributed by atoms with Crippen LogP contribution in [0.1, 0.15) is 35.8 Å². The van der Waals surface area contributed by atoms with Crippen molar-refractivity contribution in [2.75, 3.05) is 0 Å². The Morgan fingerprint density at radius 3 is 2.42 bits per heavy atom. The fraction of sp³-hybridized carbons (Fsp3) is 0.167. The number of halogens is 1. The Balaban J connectivity index is 2.37. The topological polar surface area (TPSA) is 72.2 Å². The number of carboxylic acid groups (broad SMARTS) is 1. The molecule has 1 N–H and O–H groups in total. The van der Waals surface area contributed by atoms with E-state index < -0.39 is 17.2 Å².